The predicted octanol–water partition coefficient (Wildman–Crippen LogP) is 1.30. The predicted molar refractivity (Wildman–Crippen MR) is 75.8 cm³/mol. The first-order valence-electron chi connectivity index (χ1n) is 6.66. The molecule has 0 fully saturated rings. The van der Waals surface area contributed by atoms with Crippen LogP contribution in [0.25, 0.3) is 0 Å². The monoisotopic (exact) mass is 311 g/mol. The summed E-state index contributed by atoms with van der Waals surface area (Å²) in [6, 6.07) is 4.49. The summed E-state index contributed by atoms with van der Waals surface area (Å²) in [7, 11) is -2.38. The van der Waals surface area contributed by atoms with Gasteiger partial charge in [0.15, 0.2) is 5.78 Å². The number of nitrogens with zero attached hydrogens (tertiary/aromatic N) is 1. The van der Waals surface area contributed by atoms with Gasteiger partial charge in [0.25, 0.3) is 0 Å². The number of rotatable bonds is 5. The molecule has 2 rings (SSSR count). The minimum Gasteiger partial charge on any atom is -0.481 e. The van der Waals surface area contributed by atoms with Crippen molar-refractivity contribution >= 4 is 21.8 Å². The van der Waals surface area contributed by atoms with Crippen molar-refractivity contribution in [3.05, 3.63) is 29.3 Å². The Morgan fingerprint density at radius 3 is 2.71 bits per heavy atom. The van der Waals surface area contributed by atoms with Crippen LogP contribution >= 0.6 is 0 Å². The van der Waals surface area contributed by atoms with E-state index in [-0.39, 0.29) is 23.6 Å². The van der Waals surface area contributed by atoms with Crippen LogP contribution in [-0.2, 0) is 21.2 Å². The molecule has 0 aliphatic heterocycles. The molecular formula is C14H17NO5S. The Hall–Kier alpha value is -1.73. The molecule has 0 radical (unpaired) electrons. The number of sulfonamides is 1. The molecule has 0 amide bonds. The molecule has 1 aliphatic rings. The van der Waals surface area contributed by atoms with Gasteiger partial charge in [0.05, 0.1) is 11.3 Å². The second-order valence-electron chi connectivity index (χ2n) is 5.07. The number of aryl methyl sites for hydroxylation is 1. The summed E-state index contributed by atoms with van der Waals surface area (Å²) in [5.74, 6) is -1.01. The first kappa shape index (κ1) is 15.7. The largest absolute Gasteiger partial charge is 0.481 e. The van der Waals surface area contributed by atoms with E-state index >= 15 is 0 Å². The van der Waals surface area contributed by atoms with Crippen molar-refractivity contribution in [2.24, 2.45) is 0 Å². The van der Waals surface area contributed by atoms with E-state index in [1.165, 1.54) is 19.2 Å². The van der Waals surface area contributed by atoms with Crippen molar-refractivity contribution < 1.29 is 23.1 Å². The van der Waals surface area contributed by atoms with Gasteiger partial charge < -0.3 is 5.11 Å². The van der Waals surface area contributed by atoms with Crippen LogP contribution in [0.3, 0.4) is 0 Å². The van der Waals surface area contributed by atoms with Gasteiger partial charge in [-0.15, -0.1) is 0 Å². The topological polar surface area (TPSA) is 91.8 Å². The minimum atomic E-state index is -3.73. The van der Waals surface area contributed by atoms with Gasteiger partial charge in [0.1, 0.15) is 0 Å². The molecule has 0 aromatic heterocycles. The van der Waals surface area contributed by atoms with Crippen LogP contribution in [0.4, 0.5) is 0 Å². The number of carbonyl (C=O) groups excluding carboxylic acids is 1. The van der Waals surface area contributed by atoms with E-state index in [0.717, 1.165) is 16.3 Å². The number of carbonyl (C=O) groups is 2. The zero-order valence-electron chi connectivity index (χ0n) is 11.7. The Labute approximate surface area is 123 Å². The smallest absolute Gasteiger partial charge is 0.304 e. The maximum absolute atomic E-state index is 12.4. The van der Waals surface area contributed by atoms with Crippen molar-refractivity contribution in [2.75, 3.05) is 13.6 Å². The number of hydrogen-bond donors (Lipinski definition) is 1. The van der Waals surface area contributed by atoms with E-state index in [9.17, 15) is 18.0 Å². The maximum atomic E-state index is 12.4. The highest BCUT2D eigenvalue weighted by Gasteiger charge is 2.24. The summed E-state index contributed by atoms with van der Waals surface area (Å²) < 4.78 is 25.7. The number of benzene rings is 1. The first-order valence-corrected chi connectivity index (χ1v) is 8.10. The van der Waals surface area contributed by atoms with E-state index < -0.39 is 16.0 Å². The molecule has 0 unspecified atom stereocenters. The maximum Gasteiger partial charge on any atom is 0.304 e. The SMILES string of the molecule is CN(CCC(=O)O)S(=O)(=O)c1ccc2c(c1)CCCC2=O. The zero-order chi connectivity index (χ0) is 15.6. The highest BCUT2D eigenvalue weighted by Crippen LogP contribution is 2.25. The molecule has 0 atom stereocenters. The third kappa shape index (κ3) is 3.30. The lowest BCUT2D eigenvalue weighted by Crippen LogP contribution is -2.29. The molecule has 6 nitrogen and oxygen atoms in total. The standard InChI is InChI=1S/C14H17NO5S/c1-15(8-7-14(17)18)21(19,20)11-5-6-12-10(9-11)3-2-4-13(12)16/h5-6,9H,2-4,7-8H2,1H3,(H,17,18). The number of fused-ring (bicyclic) bond motifs is 1. The third-order valence-electron chi connectivity index (χ3n) is 3.58. The lowest BCUT2D eigenvalue weighted by Gasteiger charge is -2.19. The van der Waals surface area contributed by atoms with Crippen molar-refractivity contribution in [2.45, 2.75) is 30.6 Å². The molecule has 114 valence electrons. The molecule has 21 heavy (non-hydrogen) atoms. The second-order valence-corrected chi connectivity index (χ2v) is 7.11. The summed E-state index contributed by atoms with van der Waals surface area (Å²) >= 11 is 0. The first-order chi connectivity index (χ1) is 9.82. The van der Waals surface area contributed by atoms with E-state index in [4.69, 9.17) is 5.11 Å². The van der Waals surface area contributed by atoms with E-state index in [0.29, 0.717) is 18.4 Å². The van der Waals surface area contributed by atoms with Crippen LogP contribution < -0.4 is 0 Å². The molecule has 1 aromatic carbocycles. The summed E-state index contributed by atoms with van der Waals surface area (Å²) in [6.07, 6.45) is 1.66. The molecule has 0 saturated heterocycles. The molecule has 1 N–H and O–H groups in total. The summed E-state index contributed by atoms with van der Waals surface area (Å²) in [4.78, 5) is 22.4. The summed E-state index contributed by atoms with van der Waals surface area (Å²) in [5.41, 5.74) is 1.34. The Bertz CT molecular complexity index is 681. The molecule has 0 bridgehead atoms. The second kappa shape index (κ2) is 5.95. The average Bonchev–Trinajstić information content (AvgIpc) is 2.44. The highest BCUT2D eigenvalue weighted by molar-refractivity contribution is 7.89. The lowest BCUT2D eigenvalue weighted by atomic mass is 9.91. The quantitative estimate of drug-likeness (QED) is 0.885. The molecule has 7 heteroatoms. The van der Waals surface area contributed by atoms with Gasteiger partial charge in [-0.25, -0.2) is 12.7 Å². The van der Waals surface area contributed by atoms with Gasteiger partial charge in [-0.3, -0.25) is 9.59 Å². The summed E-state index contributed by atoms with van der Waals surface area (Å²) in [6.45, 7) is -0.0896. The molecule has 1 aromatic rings. The number of aliphatic carboxylic acids is 1. The Morgan fingerprint density at radius 1 is 1.33 bits per heavy atom. The van der Waals surface area contributed by atoms with E-state index in [1.54, 1.807) is 6.07 Å². The fourth-order valence-electron chi connectivity index (χ4n) is 2.34. The fourth-order valence-corrected chi connectivity index (χ4v) is 3.56. The van der Waals surface area contributed by atoms with Gasteiger partial charge >= 0.3 is 5.97 Å². The lowest BCUT2D eigenvalue weighted by molar-refractivity contribution is -0.137. The zero-order valence-corrected chi connectivity index (χ0v) is 12.5. The highest BCUT2D eigenvalue weighted by atomic mass is 32.2. The van der Waals surface area contributed by atoms with Crippen LogP contribution in [0, 0.1) is 0 Å². The molecule has 0 spiro atoms. The van der Waals surface area contributed by atoms with Gasteiger partial charge in [-0.1, -0.05) is 0 Å². The Kier molecular flexibility index (Phi) is 4.43. The Balaban J connectivity index is 2.28. The Morgan fingerprint density at radius 2 is 2.05 bits per heavy atom. The summed E-state index contributed by atoms with van der Waals surface area (Å²) in [5, 5.41) is 8.63. The van der Waals surface area contributed by atoms with Gasteiger partial charge in [-0.05, 0) is 36.6 Å². The van der Waals surface area contributed by atoms with Crippen LogP contribution in [-0.4, -0.2) is 43.2 Å². The number of ketones is 1. The average molecular weight is 311 g/mol. The van der Waals surface area contributed by atoms with Crippen LogP contribution in [0.15, 0.2) is 23.1 Å². The van der Waals surface area contributed by atoms with Gasteiger partial charge in [0.2, 0.25) is 10.0 Å². The van der Waals surface area contributed by atoms with Crippen molar-refractivity contribution in [1.82, 2.24) is 4.31 Å². The van der Waals surface area contributed by atoms with Crippen LogP contribution in [0.5, 0.6) is 0 Å². The molecule has 0 saturated carbocycles. The van der Waals surface area contributed by atoms with Crippen LogP contribution in [0.2, 0.25) is 0 Å². The number of hydrogen-bond acceptors (Lipinski definition) is 4. The minimum absolute atomic E-state index is 0.0411. The van der Waals surface area contributed by atoms with Crippen molar-refractivity contribution in [1.29, 1.82) is 0 Å². The van der Waals surface area contributed by atoms with Crippen LogP contribution in [0.1, 0.15) is 35.2 Å². The molecule has 1 aliphatic carbocycles. The van der Waals surface area contributed by atoms with E-state index in [1.807, 2.05) is 0 Å². The fraction of sp³-hybridized carbons (Fsp3) is 0.429. The van der Waals surface area contributed by atoms with Gasteiger partial charge in [0, 0.05) is 25.6 Å². The number of carboxylic acid groups (broad SMARTS) is 1. The number of Topliss-reactive ketones (excluding diaryl/α,β-unsaturated/α-hetero) is 1. The van der Waals surface area contributed by atoms with Crippen molar-refractivity contribution in [3.8, 4) is 0 Å². The van der Waals surface area contributed by atoms with E-state index in [2.05, 4.69) is 0 Å². The normalized spacial score (nSPS) is 15.0. The van der Waals surface area contributed by atoms with Gasteiger partial charge in [-0.2, -0.15) is 0 Å². The molecular weight excluding hydrogens is 294 g/mol. The number of carboxylic acids is 1. The van der Waals surface area contributed by atoms with Crippen molar-refractivity contribution in [3.63, 3.8) is 0 Å². The molecule has 0 heterocycles. The third-order valence-corrected chi connectivity index (χ3v) is 5.43.